The second kappa shape index (κ2) is 18.3. The molecule has 0 saturated carbocycles. The van der Waals surface area contributed by atoms with Crippen LogP contribution in [-0.4, -0.2) is 43.3 Å². The van der Waals surface area contributed by atoms with Gasteiger partial charge < -0.3 is 10.2 Å². The summed E-state index contributed by atoms with van der Waals surface area (Å²) in [6, 6.07) is 0. The zero-order valence-corrected chi connectivity index (χ0v) is 18.0. The van der Waals surface area contributed by atoms with Crippen molar-refractivity contribution in [3.05, 3.63) is 0 Å². The van der Waals surface area contributed by atoms with E-state index in [0.717, 1.165) is 32.6 Å². The van der Waals surface area contributed by atoms with E-state index in [4.69, 9.17) is 0 Å². The van der Waals surface area contributed by atoms with Gasteiger partial charge in [0.1, 0.15) is 0 Å². The fourth-order valence-corrected chi connectivity index (χ4v) is 3.67. The van der Waals surface area contributed by atoms with Crippen molar-refractivity contribution >= 4 is 12.2 Å². The van der Waals surface area contributed by atoms with Crippen molar-refractivity contribution in [3.63, 3.8) is 0 Å². The van der Waals surface area contributed by atoms with Crippen molar-refractivity contribution in [1.29, 1.82) is 0 Å². The molecule has 0 bridgehead atoms. The molecule has 1 heterocycles. The highest BCUT2D eigenvalue weighted by molar-refractivity contribution is 5.75. The Labute approximate surface area is 168 Å². The van der Waals surface area contributed by atoms with Gasteiger partial charge in [-0.25, -0.2) is 0 Å². The van der Waals surface area contributed by atoms with E-state index in [0.29, 0.717) is 6.42 Å². The van der Waals surface area contributed by atoms with Gasteiger partial charge >= 0.3 is 0 Å². The van der Waals surface area contributed by atoms with Crippen LogP contribution in [0.3, 0.4) is 0 Å². The second-order valence-electron chi connectivity index (χ2n) is 8.11. The Bertz CT molecular complexity index is 371. The standard InChI is InChI=1S/C23H45N3O/c1-2-3-4-5-6-7-8-9-10-11-12-13-14-15-16-17-23(27)25-19-21-26-20-18-24-22-26/h22H,2-21H2,1H3,(H,25,27). The number of hydrogen-bond acceptors (Lipinski definition) is 3. The summed E-state index contributed by atoms with van der Waals surface area (Å²) in [7, 11) is 0. The molecule has 4 heteroatoms. The van der Waals surface area contributed by atoms with E-state index >= 15 is 0 Å². The molecular weight excluding hydrogens is 334 g/mol. The lowest BCUT2D eigenvalue weighted by Gasteiger charge is -2.13. The third-order valence-corrected chi connectivity index (χ3v) is 5.49. The molecule has 0 atom stereocenters. The predicted molar refractivity (Wildman–Crippen MR) is 117 cm³/mol. The number of nitrogens with zero attached hydrogens (tertiary/aromatic N) is 2. The number of nitrogens with one attached hydrogen (secondary N) is 1. The summed E-state index contributed by atoms with van der Waals surface area (Å²) in [6.07, 6.45) is 23.0. The molecule has 0 spiro atoms. The second-order valence-corrected chi connectivity index (χ2v) is 8.11. The topological polar surface area (TPSA) is 44.7 Å². The molecule has 0 aromatic carbocycles. The van der Waals surface area contributed by atoms with Crippen LogP contribution < -0.4 is 5.32 Å². The first-order valence-corrected chi connectivity index (χ1v) is 11.8. The molecule has 0 fully saturated rings. The first-order valence-electron chi connectivity index (χ1n) is 11.8. The predicted octanol–water partition coefficient (Wildman–Crippen LogP) is 5.71. The van der Waals surface area contributed by atoms with Gasteiger partial charge in [-0.15, -0.1) is 0 Å². The molecule has 1 N–H and O–H groups in total. The Morgan fingerprint density at radius 1 is 0.852 bits per heavy atom. The van der Waals surface area contributed by atoms with E-state index in [2.05, 4.69) is 22.1 Å². The Kier molecular flexibility index (Phi) is 16.3. The number of amides is 1. The third kappa shape index (κ3) is 15.7. The highest BCUT2D eigenvalue weighted by atomic mass is 16.1. The summed E-state index contributed by atoms with van der Waals surface area (Å²) in [4.78, 5) is 18.1. The number of aliphatic imine (C=N–C) groups is 1. The highest BCUT2D eigenvalue weighted by Gasteiger charge is 2.05. The lowest BCUT2D eigenvalue weighted by atomic mass is 10.0. The number of rotatable bonds is 19. The van der Waals surface area contributed by atoms with Crippen molar-refractivity contribution in [2.45, 2.75) is 110 Å². The molecule has 27 heavy (non-hydrogen) atoms. The number of carbonyl (C=O) groups is 1. The number of hydrogen-bond donors (Lipinski definition) is 1. The lowest BCUT2D eigenvalue weighted by molar-refractivity contribution is -0.121. The van der Waals surface area contributed by atoms with Crippen LogP contribution in [0, 0.1) is 0 Å². The van der Waals surface area contributed by atoms with Crippen LogP contribution >= 0.6 is 0 Å². The van der Waals surface area contributed by atoms with Crippen LogP contribution in [0.1, 0.15) is 110 Å². The normalized spacial score (nSPS) is 13.4. The van der Waals surface area contributed by atoms with Gasteiger partial charge in [-0.3, -0.25) is 9.79 Å². The monoisotopic (exact) mass is 379 g/mol. The Morgan fingerprint density at radius 3 is 1.85 bits per heavy atom. The fraction of sp³-hybridized carbons (Fsp3) is 0.913. The summed E-state index contributed by atoms with van der Waals surface area (Å²) in [5, 5.41) is 3.02. The van der Waals surface area contributed by atoms with Crippen LogP contribution in [0.25, 0.3) is 0 Å². The molecule has 4 nitrogen and oxygen atoms in total. The summed E-state index contributed by atoms with van der Waals surface area (Å²) >= 11 is 0. The molecule has 1 aliphatic rings. The minimum absolute atomic E-state index is 0.209. The molecular formula is C23H45N3O. The van der Waals surface area contributed by atoms with Crippen LogP contribution in [0.2, 0.25) is 0 Å². The maximum Gasteiger partial charge on any atom is 0.220 e. The molecule has 1 amide bonds. The SMILES string of the molecule is CCCCCCCCCCCCCCCCCC(=O)NCCN1C=NCC1. The number of unbranched alkanes of at least 4 members (excludes halogenated alkanes) is 14. The maximum absolute atomic E-state index is 11.8. The van der Waals surface area contributed by atoms with Crippen molar-refractivity contribution in [1.82, 2.24) is 10.2 Å². The molecule has 0 unspecified atom stereocenters. The molecule has 0 saturated heterocycles. The van der Waals surface area contributed by atoms with E-state index in [1.807, 2.05) is 6.34 Å². The van der Waals surface area contributed by atoms with Gasteiger partial charge in [-0.1, -0.05) is 96.8 Å². The lowest BCUT2D eigenvalue weighted by Crippen LogP contribution is -2.33. The smallest absolute Gasteiger partial charge is 0.220 e. The Balaban J connectivity index is 1.71. The van der Waals surface area contributed by atoms with Crippen LogP contribution in [0.15, 0.2) is 4.99 Å². The van der Waals surface area contributed by atoms with Crippen molar-refractivity contribution in [2.24, 2.45) is 4.99 Å². The van der Waals surface area contributed by atoms with Gasteiger partial charge in [0.2, 0.25) is 5.91 Å². The molecule has 1 aliphatic heterocycles. The Hall–Kier alpha value is -1.06. The summed E-state index contributed by atoms with van der Waals surface area (Å²) in [6.45, 7) is 5.80. The zero-order chi connectivity index (χ0) is 19.4. The Morgan fingerprint density at radius 2 is 1.37 bits per heavy atom. The van der Waals surface area contributed by atoms with E-state index in [-0.39, 0.29) is 5.91 Å². The maximum atomic E-state index is 11.8. The van der Waals surface area contributed by atoms with Gasteiger partial charge in [0.15, 0.2) is 0 Å². The van der Waals surface area contributed by atoms with Gasteiger partial charge in [-0.05, 0) is 6.42 Å². The van der Waals surface area contributed by atoms with E-state index in [1.54, 1.807) is 0 Å². The molecule has 1 rings (SSSR count). The van der Waals surface area contributed by atoms with E-state index < -0.39 is 0 Å². The van der Waals surface area contributed by atoms with E-state index in [9.17, 15) is 4.79 Å². The van der Waals surface area contributed by atoms with Crippen LogP contribution in [-0.2, 0) is 4.79 Å². The fourth-order valence-electron chi connectivity index (χ4n) is 3.67. The highest BCUT2D eigenvalue weighted by Crippen LogP contribution is 2.13. The van der Waals surface area contributed by atoms with Crippen LogP contribution in [0.5, 0.6) is 0 Å². The molecule has 0 aliphatic carbocycles. The first-order chi connectivity index (χ1) is 13.3. The van der Waals surface area contributed by atoms with Crippen molar-refractivity contribution in [2.75, 3.05) is 26.2 Å². The molecule has 0 radical (unpaired) electrons. The average molecular weight is 380 g/mol. The molecule has 0 aromatic heterocycles. The molecule has 0 aromatic rings. The minimum atomic E-state index is 0.209. The third-order valence-electron chi connectivity index (χ3n) is 5.49. The van der Waals surface area contributed by atoms with Crippen LogP contribution in [0.4, 0.5) is 0 Å². The minimum Gasteiger partial charge on any atom is -0.359 e. The summed E-state index contributed by atoms with van der Waals surface area (Å²) < 4.78 is 0. The first kappa shape index (κ1) is 24.0. The summed E-state index contributed by atoms with van der Waals surface area (Å²) in [5.41, 5.74) is 0. The zero-order valence-electron chi connectivity index (χ0n) is 18.0. The van der Waals surface area contributed by atoms with Gasteiger partial charge in [0.05, 0.1) is 12.9 Å². The van der Waals surface area contributed by atoms with Crippen molar-refractivity contribution < 1.29 is 4.79 Å². The summed E-state index contributed by atoms with van der Waals surface area (Å²) in [5.74, 6) is 0.209. The average Bonchev–Trinajstić information content (AvgIpc) is 3.18. The molecule has 158 valence electrons. The van der Waals surface area contributed by atoms with Gasteiger partial charge in [0, 0.05) is 26.1 Å². The quantitative estimate of drug-likeness (QED) is 0.292. The van der Waals surface area contributed by atoms with Gasteiger partial charge in [0.25, 0.3) is 0 Å². The largest absolute Gasteiger partial charge is 0.359 e. The van der Waals surface area contributed by atoms with Crippen molar-refractivity contribution in [3.8, 4) is 0 Å². The van der Waals surface area contributed by atoms with E-state index in [1.165, 1.54) is 89.9 Å². The number of carbonyl (C=O) groups excluding carboxylic acids is 1. The van der Waals surface area contributed by atoms with Gasteiger partial charge in [-0.2, -0.15) is 0 Å².